The number of para-hydroxylation sites is 1. The Balaban J connectivity index is 2.67. The molecule has 1 aromatic rings. The quantitative estimate of drug-likeness (QED) is 0.431. The van der Waals surface area contributed by atoms with Gasteiger partial charge in [0.2, 0.25) is 0 Å². The molecule has 0 amide bonds. The average molecular weight is 206 g/mol. The number of rotatable bonds is 4. The van der Waals surface area contributed by atoms with Crippen LogP contribution in [0.1, 0.15) is 13.3 Å². The molecule has 1 aromatic carbocycles. The molecule has 3 nitrogen and oxygen atoms in total. The fourth-order valence-electron chi connectivity index (χ4n) is 1.05. The van der Waals surface area contributed by atoms with Crippen LogP contribution >= 0.6 is 0 Å². The molecule has 0 aliphatic carbocycles. The van der Waals surface area contributed by atoms with Crippen LogP contribution in [0.2, 0.25) is 0 Å². The van der Waals surface area contributed by atoms with Crippen molar-refractivity contribution in [3.05, 3.63) is 42.2 Å². The van der Waals surface area contributed by atoms with Gasteiger partial charge in [0.05, 0.1) is 12.7 Å². The molecule has 80 valence electrons. The van der Waals surface area contributed by atoms with Crippen LogP contribution < -0.4 is 4.74 Å². The Morgan fingerprint density at radius 2 is 2.00 bits per heavy atom. The molecule has 0 saturated heterocycles. The number of hydrogen-bond acceptors (Lipinski definition) is 3. The number of benzene rings is 1. The van der Waals surface area contributed by atoms with Gasteiger partial charge in [-0.15, -0.1) is 0 Å². The van der Waals surface area contributed by atoms with E-state index in [1.54, 1.807) is 0 Å². The van der Waals surface area contributed by atoms with Gasteiger partial charge in [0.1, 0.15) is 12.0 Å². The fraction of sp³-hybridized carbons (Fsp3) is 0.250. The highest BCUT2D eigenvalue weighted by atomic mass is 16.5. The summed E-state index contributed by atoms with van der Waals surface area (Å²) >= 11 is 0. The smallest absolute Gasteiger partial charge is 0.336 e. The first-order valence-corrected chi connectivity index (χ1v) is 4.77. The lowest BCUT2D eigenvalue weighted by Crippen LogP contribution is -2.05. The second-order valence-corrected chi connectivity index (χ2v) is 2.92. The van der Waals surface area contributed by atoms with Gasteiger partial charge >= 0.3 is 5.97 Å². The standard InChI is InChI=1S/C12H14O3/c1-3-10(12(13)14-2)9-15-11-7-5-4-6-8-11/h4-9H,3H2,1-2H3. The summed E-state index contributed by atoms with van der Waals surface area (Å²) in [5.41, 5.74) is 0.515. The maximum absolute atomic E-state index is 11.2. The molecule has 0 aromatic heterocycles. The molecule has 0 spiro atoms. The first kappa shape index (κ1) is 11.3. The van der Waals surface area contributed by atoms with Crippen molar-refractivity contribution in [3.63, 3.8) is 0 Å². The predicted octanol–water partition coefficient (Wildman–Crippen LogP) is 2.53. The van der Waals surface area contributed by atoms with Crippen molar-refractivity contribution in [1.82, 2.24) is 0 Å². The first-order chi connectivity index (χ1) is 7.27. The molecule has 3 heteroatoms. The van der Waals surface area contributed by atoms with Crippen LogP contribution in [-0.2, 0) is 9.53 Å². The van der Waals surface area contributed by atoms with Gasteiger partial charge in [0, 0.05) is 0 Å². The van der Waals surface area contributed by atoms with E-state index in [2.05, 4.69) is 4.74 Å². The summed E-state index contributed by atoms with van der Waals surface area (Å²) < 4.78 is 9.92. The monoisotopic (exact) mass is 206 g/mol. The number of ether oxygens (including phenoxy) is 2. The van der Waals surface area contributed by atoms with Crippen molar-refractivity contribution in [1.29, 1.82) is 0 Å². The zero-order valence-corrected chi connectivity index (χ0v) is 8.90. The largest absolute Gasteiger partial charge is 0.466 e. The average Bonchev–Trinajstić information content (AvgIpc) is 2.31. The summed E-state index contributed by atoms with van der Waals surface area (Å²) in [5, 5.41) is 0. The van der Waals surface area contributed by atoms with Gasteiger partial charge in [-0.2, -0.15) is 0 Å². The van der Waals surface area contributed by atoms with Gasteiger partial charge in [-0.25, -0.2) is 4.79 Å². The van der Waals surface area contributed by atoms with E-state index in [9.17, 15) is 4.79 Å². The van der Waals surface area contributed by atoms with Crippen LogP contribution in [-0.4, -0.2) is 13.1 Å². The molecule has 0 atom stereocenters. The van der Waals surface area contributed by atoms with Crippen molar-refractivity contribution >= 4 is 5.97 Å². The van der Waals surface area contributed by atoms with Crippen molar-refractivity contribution < 1.29 is 14.3 Å². The SMILES string of the molecule is CCC(=COc1ccccc1)C(=O)OC. The van der Waals surface area contributed by atoms with Crippen molar-refractivity contribution in [2.75, 3.05) is 7.11 Å². The van der Waals surface area contributed by atoms with E-state index in [4.69, 9.17) is 4.74 Å². The molecule has 0 fully saturated rings. The van der Waals surface area contributed by atoms with E-state index in [0.29, 0.717) is 17.7 Å². The molecule has 1 rings (SSSR count). The van der Waals surface area contributed by atoms with Crippen LogP contribution in [0.25, 0.3) is 0 Å². The summed E-state index contributed by atoms with van der Waals surface area (Å²) in [6, 6.07) is 9.28. The third-order valence-electron chi connectivity index (χ3n) is 1.91. The summed E-state index contributed by atoms with van der Waals surface area (Å²) in [5.74, 6) is 0.348. The van der Waals surface area contributed by atoms with Crippen LogP contribution in [0.3, 0.4) is 0 Å². The summed E-state index contributed by atoms with van der Waals surface area (Å²) in [6.45, 7) is 1.87. The Bertz CT molecular complexity index is 341. The summed E-state index contributed by atoms with van der Waals surface area (Å²) in [4.78, 5) is 11.2. The van der Waals surface area contributed by atoms with Crippen LogP contribution in [0, 0.1) is 0 Å². The number of carbonyl (C=O) groups is 1. The Hall–Kier alpha value is -1.77. The molecule has 0 N–H and O–H groups in total. The maximum atomic E-state index is 11.2. The number of carbonyl (C=O) groups excluding carboxylic acids is 1. The Morgan fingerprint density at radius 3 is 2.53 bits per heavy atom. The number of hydrogen-bond donors (Lipinski definition) is 0. The highest BCUT2D eigenvalue weighted by Gasteiger charge is 2.06. The Morgan fingerprint density at radius 1 is 1.33 bits per heavy atom. The molecule has 0 radical (unpaired) electrons. The minimum Gasteiger partial charge on any atom is -0.466 e. The third-order valence-corrected chi connectivity index (χ3v) is 1.91. The van der Waals surface area contributed by atoms with Crippen molar-refractivity contribution in [2.24, 2.45) is 0 Å². The first-order valence-electron chi connectivity index (χ1n) is 4.77. The van der Waals surface area contributed by atoms with Gasteiger partial charge in [0.25, 0.3) is 0 Å². The lowest BCUT2D eigenvalue weighted by molar-refractivity contribution is -0.136. The van der Waals surface area contributed by atoms with Crippen LogP contribution in [0.15, 0.2) is 42.2 Å². The van der Waals surface area contributed by atoms with Crippen LogP contribution in [0.4, 0.5) is 0 Å². The summed E-state index contributed by atoms with van der Waals surface area (Å²) in [6.07, 6.45) is 2.01. The maximum Gasteiger partial charge on any atom is 0.336 e. The number of esters is 1. The van der Waals surface area contributed by atoms with Gasteiger partial charge < -0.3 is 9.47 Å². The Labute approximate surface area is 89.3 Å². The Kier molecular flexibility index (Phi) is 4.41. The highest BCUT2D eigenvalue weighted by molar-refractivity contribution is 5.87. The van der Waals surface area contributed by atoms with E-state index < -0.39 is 0 Å². The van der Waals surface area contributed by atoms with E-state index in [1.165, 1.54) is 13.4 Å². The zero-order valence-electron chi connectivity index (χ0n) is 8.90. The molecule has 0 heterocycles. The van der Waals surface area contributed by atoms with Gasteiger partial charge in [-0.3, -0.25) is 0 Å². The van der Waals surface area contributed by atoms with Gasteiger partial charge in [-0.1, -0.05) is 25.1 Å². The highest BCUT2D eigenvalue weighted by Crippen LogP contribution is 2.11. The lowest BCUT2D eigenvalue weighted by Gasteiger charge is -2.03. The van der Waals surface area contributed by atoms with E-state index in [0.717, 1.165) is 0 Å². The van der Waals surface area contributed by atoms with Gasteiger partial charge in [0.15, 0.2) is 0 Å². The molecule has 0 bridgehead atoms. The minimum atomic E-state index is -0.353. The lowest BCUT2D eigenvalue weighted by atomic mass is 10.2. The third kappa shape index (κ3) is 3.46. The van der Waals surface area contributed by atoms with E-state index in [1.807, 2.05) is 37.3 Å². The molecule has 15 heavy (non-hydrogen) atoms. The molecule has 0 saturated carbocycles. The molecular formula is C12H14O3. The minimum absolute atomic E-state index is 0.353. The van der Waals surface area contributed by atoms with E-state index in [-0.39, 0.29) is 5.97 Å². The molecular weight excluding hydrogens is 192 g/mol. The van der Waals surface area contributed by atoms with Gasteiger partial charge in [-0.05, 0) is 18.6 Å². The normalized spacial score (nSPS) is 10.9. The fourth-order valence-corrected chi connectivity index (χ4v) is 1.05. The molecule has 0 unspecified atom stereocenters. The predicted molar refractivity (Wildman–Crippen MR) is 57.5 cm³/mol. The molecule has 0 aliphatic rings. The molecule has 0 aliphatic heterocycles. The van der Waals surface area contributed by atoms with Crippen LogP contribution in [0.5, 0.6) is 5.75 Å². The zero-order chi connectivity index (χ0) is 11.1. The van der Waals surface area contributed by atoms with Crippen molar-refractivity contribution in [3.8, 4) is 5.75 Å². The summed E-state index contributed by atoms with van der Waals surface area (Å²) in [7, 11) is 1.36. The second kappa shape index (κ2) is 5.86. The topological polar surface area (TPSA) is 35.5 Å². The second-order valence-electron chi connectivity index (χ2n) is 2.92. The number of methoxy groups -OCH3 is 1. The van der Waals surface area contributed by atoms with E-state index >= 15 is 0 Å². The van der Waals surface area contributed by atoms with Crippen molar-refractivity contribution in [2.45, 2.75) is 13.3 Å².